The Hall–Kier alpha value is -1.01. The average molecular weight is 334 g/mol. The van der Waals surface area contributed by atoms with Crippen LogP contribution in [0, 0.1) is 11.3 Å². The molecule has 1 heterocycles. The molecule has 1 fully saturated rings. The van der Waals surface area contributed by atoms with Crippen LogP contribution < -0.4 is 0 Å². The minimum Gasteiger partial charge on any atom is -0.458 e. The quantitative estimate of drug-likeness (QED) is 0.680. The first-order chi connectivity index (χ1) is 9.57. The maximum atomic E-state index is 12.1. The number of halogens is 1. The topological polar surface area (TPSA) is 76.2 Å². The summed E-state index contributed by atoms with van der Waals surface area (Å²) in [6.45, 7) is 6.47. The third kappa shape index (κ3) is 4.23. The molecule has 7 heteroatoms. The molecule has 0 aromatic carbocycles. The van der Waals surface area contributed by atoms with Gasteiger partial charge < -0.3 is 9.72 Å². The van der Waals surface area contributed by atoms with Gasteiger partial charge in [-0.1, -0.05) is 20.8 Å². The van der Waals surface area contributed by atoms with E-state index in [1.54, 1.807) is 0 Å². The Bertz CT molecular complexity index is 635. The van der Waals surface area contributed by atoms with Gasteiger partial charge >= 0.3 is 5.97 Å². The summed E-state index contributed by atoms with van der Waals surface area (Å²) in [5.74, 6) is -0.0505. The summed E-state index contributed by atoms with van der Waals surface area (Å²) in [7, 11) is 1.38. The van der Waals surface area contributed by atoms with Crippen LogP contribution in [-0.2, 0) is 13.8 Å². The standard InChI is InChI=1S/C14H20ClNO4S/c1-9-4-10(7-14(2,3)6-9)20-13(17)12-5-11(8-16-12)21(15,18)19/h5,8-10,16H,4,6-7H2,1-3H3. The predicted octanol–water partition coefficient (Wildman–Crippen LogP) is 3.31. The lowest BCUT2D eigenvalue weighted by Crippen LogP contribution is -2.34. The van der Waals surface area contributed by atoms with Gasteiger partial charge in [0.15, 0.2) is 0 Å². The molecule has 1 aromatic heterocycles. The first-order valence-corrected chi connectivity index (χ1v) is 9.22. The predicted molar refractivity (Wildman–Crippen MR) is 79.8 cm³/mol. The van der Waals surface area contributed by atoms with Crippen molar-refractivity contribution in [3.8, 4) is 0 Å². The van der Waals surface area contributed by atoms with Crippen LogP contribution in [0.15, 0.2) is 17.2 Å². The van der Waals surface area contributed by atoms with Crippen molar-refractivity contribution in [3.05, 3.63) is 18.0 Å². The Morgan fingerprint density at radius 1 is 1.43 bits per heavy atom. The molecule has 0 radical (unpaired) electrons. The highest BCUT2D eigenvalue weighted by molar-refractivity contribution is 8.13. The Balaban J connectivity index is 2.06. The van der Waals surface area contributed by atoms with Gasteiger partial charge in [-0.05, 0) is 36.7 Å². The van der Waals surface area contributed by atoms with Crippen molar-refractivity contribution in [2.24, 2.45) is 11.3 Å². The zero-order chi connectivity index (χ0) is 15.8. The third-order valence-electron chi connectivity index (χ3n) is 3.78. The van der Waals surface area contributed by atoms with Crippen LogP contribution in [-0.4, -0.2) is 25.5 Å². The van der Waals surface area contributed by atoms with Gasteiger partial charge in [-0.3, -0.25) is 0 Å². The molecule has 2 atom stereocenters. The summed E-state index contributed by atoms with van der Waals surface area (Å²) >= 11 is 0. The van der Waals surface area contributed by atoms with Crippen molar-refractivity contribution in [2.75, 3.05) is 0 Å². The highest BCUT2D eigenvalue weighted by Crippen LogP contribution is 2.39. The number of hydrogen-bond donors (Lipinski definition) is 1. The number of carbonyl (C=O) groups excluding carboxylic acids is 1. The molecule has 2 unspecified atom stereocenters. The number of hydrogen-bond acceptors (Lipinski definition) is 4. The van der Waals surface area contributed by atoms with Crippen molar-refractivity contribution < 1.29 is 17.9 Å². The molecular formula is C14H20ClNO4S. The van der Waals surface area contributed by atoms with Crippen molar-refractivity contribution in [1.29, 1.82) is 0 Å². The fourth-order valence-electron chi connectivity index (χ4n) is 3.20. The molecule has 1 aliphatic rings. The minimum absolute atomic E-state index is 0.102. The number of aromatic amines is 1. The molecule has 1 aliphatic carbocycles. The summed E-state index contributed by atoms with van der Waals surface area (Å²) in [6, 6.07) is 1.20. The number of nitrogens with one attached hydrogen (secondary N) is 1. The van der Waals surface area contributed by atoms with E-state index in [0.29, 0.717) is 5.92 Å². The monoisotopic (exact) mass is 333 g/mol. The zero-order valence-electron chi connectivity index (χ0n) is 12.3. The Morgan fingerprint density at radius 3 is 2.62 bits per heavy atom. The lowest BCUT2D eigenvalue weighted by Gasteiger charge is -2.38. The molecular weight excluding hydrogens is 314 g/mol. The molecule has 0 spiro atoms. The van der Waals surface area contributed by atoms with Crippen LogP contribution in [0.4, 0.5) is 0 Å². The highest BCUT2D eigenvalue weighted by atomic mass is 35.7. The summed E-state index contributed by atoms with van der Waals surface area (Å²) in [5, 5.41) is 0. The van der Waals surface area contributed by atoms with E-state index in [1.165, 1.54) is 12.3 Å². The fourth-order valence-corrected chi connectivity index (χ4v) is 3.92. The van der Waals surface area contributed by atoms with Crippen LogP contribution >= 0.6 is 10.7 Å². The number of esters is 1. The van der Waals surface area contributed by atoms with Gasteiger partial charge in [-0.2, -0.15) is 0 Å². The summed E-state index contributed by atoms with van der Waals surface area (Å²) < 4.78 is 27.9. The molecule has 0 saturated heterocycles. The highest BCUT2D eigenvalue weighted by Gasteiger charge is 2.34. The van der Waals surface area contributed by atoms with Crippen molar-refractivity contribution in [2.45, 2.75) is 51.0 Å². The van der Waals surface area contributed by atoms with Crippen LogP contribution in [0.25, 0.3) is 0 Å². The SMILES string of the molecule is CC1CC(OC(=O)c2cc(S(=O)(=O)Cl)c[nH]2)CC(C)(C)C1. The molecule has 21 heavy (non-hydrogen) atoms. The van der Waals surface area contributed by atoms with Gasteiger partial charge in [0.25, 0.3) is 9.05 Å². The molecule has 0 bridgehead atoms. The van der Waals surface area contributed by atoms with E-state index >= 15 is 0 Å². The maximum Gasteiger partial charge on any atom is 0.355 e. The zero-order valence-corrected chi connectivity index (χ0v) is 13.9. The number of carbonyl (C=O) groups is 1. The molecule has 0 aliphatic heterocycles. The summed E-state index contributed by atoms with van der Waals surface area (Å²) in [6.07, 6.45) is 3.79. The Labute approximate surface area is 129 Å². The second kappa shape index (κ2) is 5.65. The second-order valence-corrected chi connectivity index (χ2v) is 9.19. The van der Waals surface area contributed by atoms with Crippen LogP contribution in [0.2, 0.25) is 0 Å². The molecule has 1 aromatic rings. The van der Waals surface area contributed by atoms with E-state index in [1.807, 2.05) is 0 Å². The van der Waals surface area contributed by atoms with E-state index in [4.69, 9.17) is 15.4 Å². The summed E-state index contributed by atoms with van der Waals surface area (Å²) in [4.78, 5) is 14.5. The fraction of sp³-hybridized carbons (Fsp3) is 0.643. The average Bonchev–Trinajstić information content (AvgIpc) is 2.73. The number of H-pyrrole nitrogens is 1. The van der Waals surface area contributed by atoms with Crippen LogP contribution in [0.3, 0.4) is 0 Å². The Morgan fingerprint density at radius 2 is 2.10 bits per heavy atom. The summed E-state index contributed by atoms with van der Waals surface area (Å²) in [5.41, 5.74) is 0.244. The van der Waals surface area contributed by atoms with Gasteiger partial charge in [0.1, 0.15) is 16.7 Å². The van der Waals surface area contributed by atoms with Crippen molar-refractivity contribution >= 4 is 25.7 Å². The second-order valence-electron chi connectivity index (χ2n) is 6.63. The first kappa shape index (κ1) is 16.4. The number of rotatable bonds is 3. The van der Waals surface area contributed by atoms with Crippen molar-refractivity contribution in [3.63, 3.8) is 0 Å². The molecule has 2 rings (SSSR count). The minimum atomic E-state index is -3.84. The Kier molecular flexibility index (Phi) is 4.40. The van der Waals surface area contributed by atoms with E-state index in [0.717, 1.165) is 19.3 Å². The van der Waals surface area contributed by atoms with Gasteiger partial charge in [0.05, 0.1) is 0 Å². The number of aromatic nitrogens is 1. The maximum absolute atomic E-state index is 12.1. The lowest BCUT2D eigenvalue weighted by molar-refractivity contribution is -0.00761. The van der Waals surface area contributed by atoms with Gasteiger partial charge in [0, 0.05) is 16.9 Å². The van der Waals surface area contributed by atoms with Gasteiger partial charge in [0.2, 0.25) is 0 Å². The van der Waals surface area contributed by atoms with E-state index < -0.39 is 15.0 Å². The smallest absolute Gasteiger partial charge is 0.355 e. The van der Waals surface area contributed by atoms with Crippen LogP contribution in [0.5, 0.6) is 0 Å². The molecule has 5 nitrogen and oxygen atoms in total. The van der Waals surface area contributed by atoms with E-state index in [-0.39, 0.29) is 22.1 Å². The van der Waals surface area contributed by atoms with E-state index in [2.05, 4.69) is 25.8 Å². The van der Waals surface area contributed by atoms with Gasteiger partial charge in [-0.25, -0.2) is 13.2 Å². The third-order valence-corrected chi connectivity index (χ3v) is 5.11. The van der Waals surface area contributed by atoms with Crippen LogP contribution in [0.1, 0.15) is 50.5 Å². The largest absolute Gasteiger partial charge is 0.458 e. The molecule has 118 valence electrons. The molecule has 1 saturated carbocycles. The lowest BCUT2D eigenvalue weighted by atomic mass is 9.71. The van der Waals surface area contributed by atoms with Gasteiger partial charge in [-0.15, -0.1) is 0 Å². The van der Waals surface area contributed by atoms with E-state index in [9.17, 15) is 13.2 Å². The number of ether oxygens (including phenoxy) is 1. The molecule has 1 N–H and O–H groups in total. The molecule has 0 amide bonds. The van der Waals surface area contributed by atoms with Crippen molar-refractivity contribution in [1.82, 2.24) is 4.98 Å². The normalized spacial score (nSPS) is 25.5. The first-order valence-electron chi connectivity index (χ1n) is 6.91.